The van der Waals surface area contributed by atoms with Crippen molar-refractivity contribution in [3.05, 3.63) is 47.8 Å². The van der Waals surface area contributed by atoms with Crippen LogP contribution in [0.15, 0.2) is 36.4 Å². The third kappa shape index (κ3) is 3.56. The van der Waals surface area contributed by atoms with Crippen molar-refractivity contribution < 1.29 is 14.3 Å². The van der Waals surface area contributed by atoms with E-state index in [1.165, 1.54) is 10.7 Å². The minimum absolute atomic E-state index is 0.0699. The van der Waals surface area contributed by atoms with E-state index in [0.717, 1.165) is 0 Å². The van der Waals surface area contributed by atoms with E-state index in [1.54, 1.807) is 17.0 Å². The number of nitrogens with two attached hydrogens (primary N) is 1. The Bertz CT molecular complexity index is 798. The molecular weight excluding hydrogens is 320 g/mol. The molecule has 0 saturated carbocycles. The SMILES string of the molecule is C[C@H]1CN(C(=O)c2cc(C(N)=O)n(-c3ccccc3)n2)CC(C)(C)O1. The van der Waals surface area contributed by atoms with Gasteiger partial charge in [-0.05, 0) is 32.9 Å². The van der Waals surface area contributed by atoms with Crippen LogP contribution in [0.4, 0.5) is 0 Å². The molecular formula is C18H22N4O3. The zero-order valence-electron chi connectivity index (χ0n) is 14.6. The Labute approximate surface area is 146 Å². The summed E-state index contributed by atoms with van der Waals surface area (Å²) in [4.78, 5) is 26.4. The molecule has 1 aliphatic heterocycles. The van der Waals surface area contributed by atoms with Crippen LogP contribution in [0, 0.1) is 0 Å². The average Bonchev–Trinajstić information content (AvgIpc) is 2.98. The molecule has 1 aromatic carbocycles. The third-order valence-electron chi connectivity index (χ3n) is 4.04. The van der Waals surface area contributed by atoms with Gasteiger partial charge in [0.05, 0.1) is 17.4 Å². The standard InChI is InChI=1S/C18H22N4O3/c1-12-10-21(11-18(2,3)25-12)17(24)14-9-15(16(19)23)22(20-14)13-7-5-4-6-8-13/h4-9,12H,10-11H2,1-3H3,(H2,19,23)/t12-/m0/s1. The lowest BCUT2D eigenvalue weighted by Gasteiger charge is -2.41. The molecule has 3 rings (SSSR count). The van der Waals surface area contributed by atoms with Crippen LogP contribution in [-0.4, -0.2) is 51.3 Å². The lowest BCUT2D eigenvalue weighted by atomic mass is 10.1. The summed E-state index contributed by atoms with van der Waals surface area (Å²) in [6.45, 7) is 6.76. The maximum atomic E-state index is 12.9. The summed E-state index contributed by atoms with van der Waals surface area (Å²) in [5, 5.41) is 4.33. The zero-order valence-corrected chi connectivity index (χ0v) is 14.6. The number of primary amides is 1. The molecule has 2 amide bonds. The summed E-state index contributed by atoms with van der Waals surface area (Å²) < 4.78 is 7.24. The molecule has 2 aromatic rings. The molecule has 1 atom stereocenters. The van der Waals surface area contributed by atoms with Crippen molar-refractivity contribution in [1.29, 1.82) is 0 Å². The number of hydrogen-bond donors (Lipinski definition) is 1. The fourth-order valence-electron chi connectivity index (χ4n) is 3.20. The molecule has 7 heteroatoms. The number of carbonyl (C=O) groups excluding carboxylic acids is 2. The highest BCUT2D eigenvalue weighted by Crippen LogP contribution is 2.23. The fourth-order valence-corrected chi connectivity index (χ4v) is 3.20. The number of amides is 2. The van der Waals surface area contributed by atoms with Crippen molar-refractivity contribution in [2.24, 2.45) is 5.73 Å². The van der Waals surface area contributed by atoms with Gasteiger partial charge in [-0.1, -0.05) is 18.2 Å². The van der Waals surface area contributed by atoms with Crippen LogP contribution in [0.1, 0.15) is 41.7 Å². The number of benzene rings is 1. The van der Waals surface area contributed by atoms with Crippen LogP contribution in [0.25, 0.3) is 5.69 Å². The van der Waals surface area contributed by atoms with Crippen molar-refractivity contribution in [1.82, 2.24) is 14.7 Å². The van der Waals surface area contributed by atoms with E-state index in [-0.39, 0.29) is 23.4 Å². The van der Waals surface area contributed by atoms with Crippen LogP contribution >= 0.6 is 0 Å². The Balaban J connectivity index is 1.95. The number of nitrogens with zero attached hydrogens (tertiary/aromatic N) is 3. The van der Waals surface area contributed by atoms with E-state index in [2.05, 4.69) is 5.10 Å². The Morgan fingerprint density at radius 1 is 1.28 bits per heavy atom. The van der Waals surface area contributed by atoms with Gasteiger partial charge in [-0.25, -0.2) is 4.68 Å². The summed E-state index contributed by atoms with van der Waals surface area (Å²) in [6, 6.07) is 10.6. The molecule has 2 N–H and O–H groups in total. The van der Waals surface area contributed by atoms with E-state index in [1.807, 2.05) is 39.0 Å². The van der Waals surface area contributed by atoms with Gasteiger partial charge in [-0.2, -0.15) is 5.10 Å². The van der Waals surface area contributed by atoms with Gasteiger partial charge in [-0.3, -0.25) is 9.59 Å². The molecule has 0 aliphatic carbocycles. The van der Waals surface area contributed by atoms with Gasteiger partial charge in [0.2, 0.25) is 0 Å². The summed E-state index contributed by atoms with van der Waals surface area (Å²) in [5.41, 5.74) is 6.08. The van der Waals surface area contributed by atoms with Crippen molar-refractivity contribution in [2.45, 2.75) is 32.5 Å². The van der Waals surface area contributed by atoms with Gasteiger partial charge in [0, 0.05) is 19.2 Å². The second-order valence-electron chi connectivity index (χ2n) is 6.90. The minimum Gasteiger partial charge on any atom is -0.369 e. The molecule has 132 valence electrons. The monoisotopic (exact) mass is 342 g/mol. The minimum atomic E-state index is -0.633. The van der Waals surface area contributed by atoms with Gasteiger partial charge in [0.25, 0.3) is 11.8 Å². The molecule has 25 heavy (non-hydrogen) atoms. The Kier molecular flexibility index (Phi) is 4.34. The van der Waals surface area contributed by atoms with Crippen molar-refractivity contribution in [3.63, 3.8) is 0 Å². The van der Waals surface area contributed by atoms with Crippen LogP contribution in [0.2, 0.25) is 0 Å². The van der Waals surface area contributed by atoms with Gasteiger partial charge >= 0.3 is 0 Å². The van der Waals surface area contributed by atoms with Crippen LogP contribution in [0.5, 0.6) is 0 Å². The third-order valence-corrected chi connectivity index (χ3v) is 4.04. The molecule has 0 bridgehead atoms. The molecule has 1 aromatic heterocycles. The first-order valence-electron chi connectivity index (χ1n) is 8.19. The number of morpholine rings is 1. The topological polar surface area (TPSA) is 90.5 Å². The maximum Gasteiger partial charge on any atom is 0.274 e. The van der Waals surface area contributed by atoms with Gasteiger partial charge in [-0.15, -0.1) is 0 Å². The van der Waals surface area contributed by atoms with E-state index < -0.39 is 11.5 Å². The predicted octanol–water partition coefficient (Wildman–Crippen LogP) is 1.61. The highest BCUT2D eigenvalue weighted by atomic mass is 16.5. The fraction of sp³-hybridized carbons (Fsp3) is 0.389. The molecule has 1 aliphatic rings. The van der Waals surface area contributed by atoms with Crippen molar-refractivity contribution >= 4 is 11.8 Å². The van der Waals surface area contributed by atoms with Crippen LogP contribution < -0.4 is 5.73 Å². The Morgan fingerprint density at radius 2 is 1.96 bits per heavy atom. The zero-order chi connectivity index (χ0) is 18.2. The van der Waals surface area contributed by atoms with Gasteiger partial charge in [0.1, 0.15) is 5.69 Å². The second-order valence-corrected chi connectivity index (χ2v) is 6.90. The second kappa shape index (κ2) is 6.33. The first-order chi connectivity index (χ1) is 11.8. The van der Waals surface area contributed by atoms with E-state index in [4.69, 9.17) is 10.5 Å². The van der Waals surface area contributed by atoms with Gasteiger partial charge < -0.3 is 15.4 Å². The highest BCUT2D eigenvalue weighted by molar-refractivity contribution is 5.97. The molecule has 0 unspecified atom stereocenters. The number of rotatable bonds is 3. The highest BCUT2D eigenvalue weighted by Gasteiger charge is 2.35. The quantitative estimate of drug-likeness (QED) is 0.917. The number of para-hydroxylation sites is 1. The molecule has 2 heterocycles. The molecule has 7 nitrogen and oxygen atoms in total. The molecule has 1 saturated heterocycles. The largest absolute Gasteiger partial charge is 0.369 e. The summed E-state index contributed by atoms with van der Waals surface area (Å²) in [6.07, 6.45) is -0.0699. The van der Waals surface area contributed by atoms with E-state index in [9.17, 15) is 9.59 Å². The lowest BCUT2D eigenvalue weighted by molar-refractivity contribution is -0.118. The summed E-state index contributed by atoms with van der Waals surface area (Å²) in [5.74, 6) is -0.869. The van der Waals surface area contributed by atoms with Crippen molar-refractivity contribution in [3.8, 4) is 5.69 Å². The number of hydrogen-bond acceptors (Lipinski definition) is 4. The van der Waals surface area contributed by atoms with Crippen LogP contribution in [-0.2, 0) is 4.74 Å². The number of carbonyl (C=O) groups is 2. The Morgan fingerprint density at radius 3 is 2.56 bits per heavy atom. The normalized spacial score (nSPS) is 19.6. The lowest BCUT2D eigenvalue weighted by Crippen LogP contribution is -2.53. The van der Waals surface area contributed by atoms with Crippen molar-refractivity contribution in [2.75, 3.05) is 13.1 Å². The maximum absolute atomic E-state index is 12.9. The molecule has 0 radical (unpaired) electrons. The molecule has 1 fully saturated rings. The first-order valence-corrected chi connectivity index (χ1v) is 8.19. The first kappa shape index (κ1) is 17.2. The Hall–Kier alpha value is -2.67. The molecule has 0 spiro atoms. The number of aromatic nitrogens is 2. The van der Waals surface area contributed by atoms with E-state index >= 15 is 0 Å². The van der Waals surface area contributed by atoms with Crippen LogP contribution in [0.3, 0.4) is 0 Å². The smallest absolute Gasteiger partial charge is 0.274 e. The van der Waals surface area contributed by atoms with Gasteiger partial charge in [0.15, 0.2) is 5.69 Å². The summed E-state index contributed by atoms with van der Waals surface area (Å²) in [7, 11) is 0. The predicted molar refractivity (Wildman–Crippen MR) is 92.6 cm³/mol. The average molecular weight is 342 g/mol. The number of ether oxygens (including phenoxy) is 1. The van der Waals surface area contributed by atoms with E-state index in [0.29, 0.717) is 18.8 Å². The summed E-state index contributed by atoms with van der Waals surface area (Å²) >= 11 is 0.